The van der Waals surface area contributed by atoms with Crippen molar-refractivity contribution in [1.82, 2.24) is 0 Å². The van der Waals surface area contributed by atoms with Gasteiger partial charge in [-0.3, -0.25) is 4.99 Å². The summed E-state index contributed by atoms with van der Waals surface area (Å²) < 4.78 is 0. The molecular weight excluding hydrogens is 110 g/mol. The molecule has 0 saturated carbocycles. The average Bonchev–Trinajstić information content (AvgIpc) is 1.89. The van der Waals surface area contributed by atoms with Crippen LogP contribution >= 0.6 is 0 Å². The highest BCUT2D eigenvalue weighted by Crippen LogP contribution is 1.96. The first-order valence-corrected chi connectivity index (χ1v) is 3.13. The summed E-state index contributed by atoms with van der Waals surface area (Å²) in [5.41, 5.74) is 1.11. The van der Waals surface area contributed by atoms with Crippen LogP contribution in [0, 0.1) is 0 Å². The summed E-state index contributed by atoms with van der Waals surface area (Å²) >= 11 is 0. The lowest BCUT2D eigenvalue weighted by Crippen LogP contribution is -1.66. The third kappa shape index (κ3) is 5.01. The zero-order valence-electron chi connectivity index (χ0n) is 6.09. The Balaban J connectivity index is 3.57. The van der Waals surface area contributed by atoms with Gasteiger partial charge in [-0.25, -0.2) is 0 Å². The normalized spacial score (nSPS) is 11.3. The second-order valence-electron chi connectivity index (χ2n) is 1.73. The largest absolute Gasteiger partial charge is 0.269 e. The zero-order valence-corrected chi connectivity index (χ0v) is 6.09. The Morgan fingerprint density at radius 2 is 2.33 bits per heavy atom. The quantitative estimate of drug-likeness (QED) is 0.404. The molecule has 0 aliphatic rings. The molecule has 0 aromatic heterocycles. The maximum absolute atomic E-state index is 3.89. The van der Waals surface area contributed by atoms with E-state index in [-0.39, 0.29) is 0 Å². The first kappa shape index (κ1) is 8.15. The second kappa shape index (κ2) is 5.29. The summed E-state index contributed by atoms with van der Waals surface area (Å²) in [7, 11) is 0. The molecule has 0 saturated heterocycles. The van der Waals surface area contributed by atoms with Crippen LogP contribution in [0.5, 0.6) is 0 Å². The first-order chi connectivity index (χ1) is 4.31. The standard InChI is InChI=1S/C8H13N/c1-4-8(3)6-7-9-5-2/h5-7H,3-4H2,1-2H3/b7-6-,9-5?. The van der Waals surface area contributed by atoms with Gasteiger partial charge in [-0.05, 0) is 19.4 Å². The third-order valence-electron chi connectivity index (χ3n) is 0.999. The Bertz CT molecular complexity index is 132. The topological polar surface area (TPSA) is 12.4 Å². The summed E-state index contributed by atoms with van der Waals surface area (Å²) in [6.45, 7) is 7.74. The lowest BCUT2D eigenvalue weighted by Gasteiger charge is -1.86. The highest BCUT2D eigenvalue weighted by atomic mass is 14.6. The Labute approximate surface area is 56.8 Å². The van der Waals surface area contributed by atoms with Crippen LogP contribution in [-0.2, 0) is 0 Å². The van der Waals surface area contributed by atoms with E-state index >= 15 is 0 Å². The minimum atomic E-state index is 0.996. The minimum absolute atomic E-state index is 0.996. The van der Waals surface area contributed by atoms with Crippen molar-refractivity contribution in [3.8, 4) is 0 Å². The number of hydrogen-bond acceptors (Lipinski definition) is 1. The fourth-order valence-corrected chi connectivity index (χ4v) is 0.352. The van der Waals surface area contributed by atoms with E-state index in [1.54, 1.807) is 12.4 Å². The molecule has 0 bridgehead atoms. The van der Waals surface area contributed by atoms with Gasteiger partial charge in [0, 0.05) is 12.4 Å². The summed E-state index contributed by atoms with van der Waals surface area (Å²) in [4.78, 5) is 3.89. The van der Waals surface area contributed by atoms with Crippen LogP contribution in [0.2, 0.25) is 0 Å². The van der Waals surface area contributed by atoms with Crippen molar-refractivity contribution < 1.29 is 0 Å². The van der Waals surface area contributed by atoms with E-state index in [4.69, 9.17) is 0 Å². The third-order valence-corrected chi connectivity index (χ3v) is 0.999. The van der Waals surface area contributed by atoms with Gasteiger partial charge in [0.05, 0.1) is 0 Å². The van der Waals surface area contributed by atoms with E-state index < -0.39 is 0 Å². The highest BCUT2D eigenvalue weighted by Gasteiger charge is 1.76. The van der Waals surface area contributed by atoms with Gasteiger partial charge in [-0.15, -0.1) is 0 Å². The molecular formula is C8H13N. The lowest BCUT2D eigenvalue weighted by molar-refractivity contribution is 1.16. The van der Waals surface area contributed by atoms with E-state index in [1.165, 1.54) is 0 Å². The van der Waals surface area contributed by atoms with E-state index in [1.807, 2.05) is 13.0 Å². The average molecular weight is 123 g/mol. The molecule has 0 N–H and O–H groups in total. The van der Waals surface area contributed by atoms with Gasteiger partial charge in [0.25, 0.3) is 0 Å². The van der Waals surface area contributed by atoms with E-state index in [0.717, 1.165) is 12.0 Å². The van der Waals surface area contributed by atoms with Gasteiger partial charge in [-0.1, -0.05) is 19.1 Å². The van der Waals surface area contributed by atoms with Crippen LogP contribution in [0.3, 0.4) is 0 Å². The summed E-state index contributed by atoms with van der Waals surface area (Å²) in [5.74, 6) is 0. The molecule has 50 valence electrons. The molecule has 0 aliphatic heterocycles. The van der Waals surface area contributed by atoms with Gasteiger partial charge in [-0.2, -0.15) is 0 Å². The van der Waals surface area contributed by atoms with Gasteiger partial charge >= 0.3 is 0 Å². The maximum atomic E-state index is 3.89. The number of hydrogen-bond donors (Lipinski definition) is 0. The molecule has 0 fully saturated rings. The molecule has 0 atom stereocenters. The number of nitrogens with zero attached hydrogens (tertiary/aromatic N) is 1. The number of aliphatic imine (C=N–C) groups is 1. The molecule has 9 heavy (non-hydrogen) atoms. The smallest absolute Gasteiger partial charge is 0.0266 e. The first-order valence-electron chi connectivity index (χ1n) is 3.13. The molecule has 0 rings (SSSR count). The van der Waals surface area contributed by atoms with Crippen LogP contribution in [0.1, 0.15) is 20.3 Å². The molecule has 0 spiro atoms. The molecule has 0 heterocycles. The van der Waals surface area contributed by atoms with Crippen molar-refractivity contribution in [1.29, 1.82) is 0 Å². The SMILES string of the molecule is C=C(/C=C\N=CC)CC. The van der Waals surface area contributed by atoms with Crippen molar-refractivity contribution in [2.24, 2.45) is 4.99 Å². The zero-order chi connectivity index (χ0) is 7.11. The highest BCUT2D eigenvalue weighted by molar-refractivity contribution is 5.54. The fourth-order valence-electron chi connectivity index (χ4n) is 0.352. The Morgan fingerprint density at radius 3 is 2.78 bits per heavy atom. The van der Waals surface area contributed by atoms with Crippen LogP contribution < -0.4 is 0 Å². The van der Waals surface area contributed by atoms with E-state index in [0.29, 0.717) is 0 Å². The van der Waals surface area contributed by atoms with Crippen molar-refractivity contribution in [2.45, 2.75) is 20.3 Å². The summed E-state index contributed by atoms with van der Waals surface area (Å²) in [5, 5.41) is 0. The van der Waals surface area contributed by atoms with E-state index in [9.17, 15) is 0 Å². The van der Waals surface area contributed by atoms with Gasteiger partial charge in [0.1, 0.15) is 0 Å². The van der Waals surface area contributed by atoms with Crippen LogP contribution in [0.4, 0.5) is 0 Å². The molecule has 0 aromatic carbocycles. The van der Waals surface area contributed by atoms with Crippen LogP contribution in [-0.4, -0.2) is 6.21 Å². The molecule has 0 aliphatic carbocycles. The van der Waals surface area contributed by atoms with Gasteiger partial charge in [0.2, 0.25) is 0 Å². The molecule has 1 heteroatoms. The van der Waals surface area contributed by atoms with E-state index in [2.05, 4.69) is 18.5 Å². The number of allylic oxidation sites excluding steroid dienone is 2. The van der Waals surface area contributed by atoms with Gasteiger partial charge in [0.15, 0.2) is 0 Å². The molecule has 0 radical (unpaired) electrons. The Kier molecular flexibility index (Phi) is 4.79. The second-order valence-corrected chi connectivity index (χ2v) is 1.73. The van der Waals surface area contributed by atoms with Crippen LogP contribution in [0.15, 0.2) is 29.4 Å². The number of rotatable bonds is 3. The minimum Gasteiger partial charge on any atom is -0.269 e. The van der Waals surface area contributed by atoms with Crippen LogP contribution in [0.25, 0.3) is 0 Å². The Hall–Kier alpha value is -0.850. The summed E-state index contributed by atoms with van der Waals surface area (Å²) in [6.07, 6.45) is 6.42. The molecule has 0 unspecified atom stereocenters. The molecule has 1 nitrogen and oxygen atoms in total. The maximum Gasteiger partial charge on any atom is 0.0266 e. The van der Waals surface area contributed by atoms with Crippen molar-refractivity contribution in [2.75, 3.05) is 0 Å². The predicted octanol–water partition coefficient (Wildman–Crippen LogP) is 2.56. The fraction of sp³-hybridized carbons (Fsp3) is 0.375. The van der Waals surface area contributed by atoms with Crippen molar-refractivity contribution in [3.63, 3.8) is 0 Å². The van der Waals surface area contributed by atoms with Gasteiger partial charge < -0.3 is 0 Å². The van der Waals surface area contributed by atoms with Crippen molar-refractivity contribution in [3.05, 3.63) is 24.4 Å². The summed E-state index contributed by atoms with van der Waals surface area (Å²) in [6, 6.07) is 0. The monoisotopic (exact) mass is 123 g/mol. The predicted molar refractivity (Wildman–Crippen MR) is 42.7 cm³/mol. The Morgan fingerprint density at radius 1 is 1.67 bits per heavy atom. The lowest BCUT2D eigenvalue weighted by atomic mass is 10.2. The molecule has 0 aromatic rings. The van der Waals surface area contributed by atoms with Crippen molar-refractivity contribution >= 4 is 6.21 Å². The molecule has 0 amide bonds.